The summed E-state index contributed by atoms with van der Waals surface area (Å²) < 4.78 is 5.29. The van der Waals surface area contributed by atoms with Gasteiger partial charge in [0, 0.05) is 13.7 Å². The van der Waals surface area contributed by atoms with E-state index in [4.69, 9.17) is 4.74 Å². The molecule has 3 heteroatoms. The highest BCUT2D eigenvalue weighted by molar-refractivity contribution is 5.93. The summed E-state index contributed by atoms with van der Waals surface area (Å²) in [7, 11) is 1.78. The van der Waals surface area contributed by atoms with Gasteiger partial charge in [0.15, 0.2) is 0 Å². The van der Waals surface area contributed by atoms with E-state index in [0.29, 0.717) is 6.61 Å². The molecule has 1 aliphatic rings. The molecular formula is C10H15NO2. The van der Waals surface area contributed by atoms with Crippen molar-refractivity contribution in [2.45, 2.75) is 25.8 Å². The summed E-state index contributed by atoms with van der Waals surface area (Å²) in [6, 6.07) is 0.210. The van der Waals surface area contributed by atoms with E-state index < -0.39 is 0 Å². The first-order valence-corrected chi connectivity index (χ1v) is 4.53. The molecule has 0 N–H and O–H groups in total. The highest BCUT2D eigenvalue weighted by Crippen LogP contribution is 2.11. The minimum atomic E-state index is -0.113. The minimum Gasteiger partial charge on any atom is -0.379 e. The number of ether oxygens (including phenoxy) is 1. The fourth-order valence-corrected chi connectivity index (χ4v) is 1.39. The summed E-state index contributed by atoms with van der Waals surface area (Å²) in [5.41, 5.74) is 0. The number of carbonyl (C=O) groups is 1. The van der Waals surface area contributed by atoms with Crippen LogP contribution in [0.15, 0.2) is 0 Å². The molecular weight excluding hydrogens is 166 g/mol. The molecule has 0 radical (unpaired) electrons. The van der Waals surface area contributed by atoms with Crippen molar-refractivity contribution in [3.8, 4) is 11.8 Å². The smallest absolute Gasteiger partial charge is 0.298 e. The fourth-order valence-electron chi connectivity index (χ4n) is 1.39. The third-order valence-electron chi connectivity index (χ3n) is 2.24. The van der Waals surface area contributed by atoms with E-state index in [2.05, 4.69) is 11.8 Å². The molecule has 0 aromatic carbocycles. The Hall–Kier alpha value is -1.01. The van der Waals surface area contributed by atoms with E-state index >= 15 is 0 Å². The summed E-state index contributed by atoms with van der Waals surface area (Å²) in [4.78, 5) is 13.0. The van der Waals surface area contributed by atoms with Crippen molar-refractivity contribution in [2.24, 2.45) is 0 Å². The van der Waals surface area contributed by atoms with Crippen LogP contribution in [0.4, 0.5) is 0 Å². The molecule has 1 atom stereocenters. The molecule has 0 saturated carbocycles. The minimum absolute atomic E-state index is 0.113. The summed E-state index contributed by atoms with van der Waals surface area (Å²) in [6.45, 7) is 3.13. The summed E-state index contributed by atoms with van der Waals surface area (Å²) in [5.74, 6) is 5.02. The largest absolute Gasteiger partial charge is 0.379 e. The second kappa shape index (κ2) is 4.88. The van der Waals surface area contributed by atoms with Crippen LogP contribution >= 0.6 is 0 Å². The van der Waals surface area contributed by atoms with Crippen LogP contribution in [0.25, 0.3) is 0 Å². The summed E-state index contributed by atoms with van der Waals surface area (Å²) in [5, 5.41) is 0. The zero-order chi connectivity index (χ0) is 9.68. The zero-order valence-electron chi connectivity index (χ0n) is 8.17. The maximum atomic E-state index is 11.3. The van der Waals surface area contributed by atoms with Crippen molar-refractivity contribution in [1.82, 2.24) is 4.90 Å². The highest BCUT2D eigenvalue weighted by atomic mass is 16.5. The molecule has 72 valence electrons. The SMILES string of the molecule is CC#CC(=O)N(C)C1CCCOC1. The van der Waals surface area contributed by atoms with Gasteiger partial charge in [-0.05, 0) is 25.7 Å². The maximum absolute atomic E-state index is 11.3. The van der Waals surface area contributed by atoms with Gasteiger partial charge < -0.3 is 9.64 Å². The van der Waals surface area contributed by atoms with Gasteiger partial charge >= 0.3 is 0 Å². The number of carbonyl (C=O) groups excluding carboxylic acids is 1. The quantitative estimate of drug-likeness (QED) is 0.556. The number of rotatable bonds is 1. The van der Waals surface area contributed by atoms with Crippen LogP contribution in [-0.4, -0.2) is 37.1 Å². The van der Waals surface area contributed by atoms with E-state index in [-0.39, 0.29) is 11.9 Å². The first kappa shape index (κ1) is 10.1. The molecule has 13 heavy (non-hydrogen) atoms. The fraction of sp³-hybridized carbons (Fsp3) is 0.700. The predicted octanol–water partition coefficient (Wildman–Crippen LogP) is 0.647. The van der Waals surface area contributed by atoms with Gasteiger partial charge in [-0.2, -0.15) is 0 Å². The summed E-state index contributed by atoms with van der Waals surface area (Å²) in [6.07, 6.45) is 2.05. The molecule has 1 heterocycles. The molecule has 1 unspecified atom stereocenters. The molecule has 1 fully saturated rings. The Labute approximate surface area is 79.1 Å². The monoisotopic (exact) mass is 181 g/mol. The number of likely N-dealkylation sites (N-methyl/N-ethyl adjacent to an activating group) is 1. The molecule has 1 rings (SSSR count). The van der Waals surface area contributed by atoms with Gasteiger partial charge in [-0.1, -0.05) is 5.92 Å². The number of hydrogen-bond donors (Lipinski definition) is 0. The number of amides is 1. The van der Waals surface area contributed by atoms with Gasteiger partial charge in [0.2, 0.25) is 0 Å². The van der Waals surface area contributed by atoms with E-state index in [1.54, 1.807) is 18.9 Å². The Morgan fingerprint density at radius 1 is 1.62 bits per heavy atom. The topological polar surface area (TPSA) is 29.5 Å². The zero-order valence-corrected chi connectivity index (χ0v) is 8.17. The molecule has 3 nitrogen and oxygen atoms in total. The maximum Gasteiger partial charge on any atom is 0.298 e. The second-order valence-corrected chi connectivity index (χ2v) is 3.16. The van der Waals surface area contributed by atoms with Crippen LogP contribution in [0.5, 0.6) is 0 Å². The Bertz CT molecular complexity index is 233. The first-order valence-electron chi connectivity index (χ1n) is 4.53. The standard InChI is InChI=1S/C10H15NO2/c1-3-5-10(12)11(2)9-6-4-7-13-8-9/h9H,4,6-8H2,1-2H3. The van der Waals surface area contributed by atoms with Crippen LogP contribution in [0, 0.1) is 11.8 Å². The lowest BCUT2D eigenvalue weighted by Gasteiger charge is -2.29. The molecule has 1 aliphatic heterocycles. The number of nitrogens with zero attached hydrogens (tertiary/aromatic N) is 1. The Balaban J connectivity index is 2.48. The lowest BCUT2D eigenvalue weighted by atomic mass is 10.1. The van der Waals surface area contributed by atoms with Crippen molar-refractivity contribution < 1.29 is 9.53 Å². The van der Waals surface area contributed by atoms with Crippen molar-refractivity contribution in [2.75, 3.05) is 20.3 Å². The molecule has 0 aliphatic carbocycles. The lowest BCUT2D eigenvalue weighted by Crippen LogP contribution is -2.41. The van der Waals surface area contributed by atoms with Gasteiger partial charge in [0.1, 0.15) is 0 Å². The average Bonchev–Trinajstić information content (AvgIpc) is 2.18. The Morgan fingerprint density at radius 3 is 2.92 bits per heavy atom. The third-order valence-corrected chi connectivity index (χ3v) is 2.24. The van der Waals surface area contributed by atoms with E-state index in [9.17, 15) is 4.79 Å². The molecule has 0 spiro atoms. The van der Waals surface area contributed by atoms with Gasteiger partial charge in [-0.25, -0.2) is 0 Å². The van der Waals surface area contributed by atoms with Crippen LogP contribution in [0.1, 0.15) is 19.8 Å². The van der Waals surface area contributed by atoms with Gasteiger partial charge in [-0.15, -0.1) is 0 Å². The van der Waals surface area contributed by atoms with E-state index in [0.717, 1.165) is 19.4 Å². The number of hydrogen-bond acceptors (Lipinski definition) is 2. The predicted molar refractivity (Wildman–Crippen MR) is 50.1 cm³/mol. The third kappa shape index (κ3) is 2.74. The molecule has 0 bridgehead atoms. The first-order chi connectivity index (χ1) is 6.25. The second-order valence-electron chi connectivity index (χ2n) is 3.16. The van der Waals surface area contributed by atoms with Gasteiger partial charge in [0.05, 0.1) is 12.6 Å². The van der Waals surface area contributed by atoms with Crippen molar-refractivity contribution >= 4 is 5.91 Å². The highest BCUT2D eigenvalue weighted by Gasteiger charge is 2.21. The van der Waals surface area contributed by atoms with Crippen molar-refractivity contribution in [3.05, 3.63) is 0 Å². The molecule has 1 amide bonds. The molecule has 0 aromatic rings. The van der Waals surface area contributed by atoms with Crippen LogP contribution in [-0.2, 0) is 9.53 Å². The van der Waals surface area contributed by atoms with Crippen molar-refractivity contribution in [1.29, 1.82) is 0 Å². The van der Waals surface area contributed by atoms with Gasteiger partial charge in [-0.3, -0.25) is 4.79 Å². The van der Waals surface area contributed by atoms with E-state index in [1.165, 1.54) is 0 Å². The van der Waals surface area contributed by atoms with Gasteiger partial charge in [0.25, 0.3) is 5.91 Å². The van der Waals surface area contributed by atoms with Crippen LogP contribution in [0.3, 0.4) is 0 Å². The Morgan fingerprint density at radius 2 is 2.38 bits per heavy atom. The molecule has 1 saturated heterocycles. The lowest BCUT2D eigenvalue weighted by molar-refractivity contribution is -0.128. The summed E-state index contributed by atoms with van der Waals surface area (Å²) >= 11 is 0. The van der Waals surface area contributed by atoms with Crippen LogP contribution < -0.4 is 0 Å². The van der Waals surface area contributed by atoms with Crippen LogP contribution in [0.2, 0.25) is 0 Å². The average molecular weight is 181 g/mol. The Kier molecular flexibility index (Phi) is 3.78. The van der Waals surface area contributed by atoms with E-state index in [1.807, 2.05) is 0 Å². The van der Waals surface area contributed by atoms with Crippen molar-refractivity contribution in [3.63, 3.8) is 0 Å². The molecule has 0 aromatic heterocycles. The normalized spacial score (nSPS) is 21.5.